The maximum Gasteiger partial charge on any atom is 0.411 e. The lowest BCUT2D eigenvalue weighted by atomic mass is 10.1. The zero-order chi connectivity index (χ0) is 28.3. The van der Waals surface area contributed by atoms with Crippen LogP contribution in [0.3, 0.4) is 0 Å². The quantitative estimate of drug-likeness (QED) is 0.207. The molecule has 0 saturated heterocycles. The van der Waals surface area contributed by atoms with Crippen molar-refractivity contribution in [3.05, 3.63) is 102 Å². The number of hydrogen-bond donors (Lipinski definition) is 2. The molecule has 0 radical (unpaired) electrons. The summed E-state index contributed by atoms with van der Waals surface area (Å²) >= 11 is 0. The first-order valence-corrected chi connectivity index (χ1v) is 12.9. The van der Waals surface area contributed by atoms with E-state index in [1.54, 1.807) is 10.7 Å². The summed E-state index contributed by atoms with van der Waals surface area (Å²) in [4.78, 5) is 14.6. The summed E-state index contributed by atoms with van der Waals surface area (Å²) in [5.41, 5.74) is 3.69. The van der Waals surface area contributed by atoms with Crippen LogP contribution in [-0.2, 0) is 4.74 Å². The number of nitrogens with zero attached hydrogens (tertiary/aromatic N) is 4. The van der Waals surface area contributed by atoms with Crippen LogP contribution < -0.4 is 15.4 Å². The lowest BCUT2D eigenvalue weighted by molar-refractivity contribution is 0.148. The van der Waals surface area contributed by atoms with E-state index < -0.39 is 6.09 Å². The summed E-state index contributed by atoms with van der Waals surface area (Å²) in [7, 11) is 1.96. The Morgan fingerprint density at radius 2 is 1.88 bits per heavy atom. The summed E-state index contributed by atoms with van der Waals surface area (Å²) in [5.74, 6) is 1.44. The predicted molar refractivity (Wildman–Crippen MR) is 157 cm³/mol. The average Bonchev–Trinajstić information content (AvgIpc) is 3.27. The molecule has 40 heavy (non-hydrogen) atoms. The van der Waals surface area contributed by atoms with E-state index in [2.05, 4.69) is 26.7 Å². The molecule has 0 aliphatic heterocycles. The van der Waals surface area contributed by atoms with Crippen LogP contribution in [0.1, 0.15) is 18.1 Å². The van der Waals surface area contributed by atoms with Crippen molar-refractivity contribution in [1.82, 2.24) is 14.5 Å². The predicted octanol–water partition coefficient (Wildman–Crippen LogP) is 6.66. The first-order valence-electron chi connectivity index (χ1n) is 12.9. The summed E-state index contributed by atoms with van der Waals surface area (Å²) < 4.78 is 12.9. The van der Waals surface area contributed by atoms with Gasteiger partial charge in [0, 0.05) is 24.3 Å². The number of hydrogen-bond acceptors (Lipinski definition) is 7. The van der Waals surface area contributed by atoms with Crippen LogP contribution in [0, 0.1) is 18.3 Å². The van der Waals surface area contributed by atoms with E-state index in [0.717, 1.165) is 23.5 Å². The Kier molecular flexibility index (Phi) is 9.53. The molecule has 0 bridgehead atoms. The van der Waals surface area contributed by atoms with E-state index in [9.17, 15) is 10.1 Å². The number of anilines is 3. The van der Waals surface area contributed by atoms with Gasteiger partial charge in [-0.1, -0.05) is 42.5 Å². The molecule has 2 aromatic heterocycles. The molecule has 0 fully saturated rings. The van der Waals surface area contributed by atoms with E-state index in [1.165, 1.54) is 6.20 Å². The van der Waals surface area contributed by atoms with Crippen molar-refractivity contribution in [2.75, 3.05) is 37.4 Å². The average molecular weight is 537 g/mol. The van der Waals surface area contributed by atoms with Crippen molar-refractivity contribution in [1.29, 1.82) is 5.26 Å². The number of aromatic nitrogens is 2. The largest absolute Gasteiger partial charge is 0.457 e. The second-order valence-corrected chi connectivity index (χ2v) is 9.05. The number of ether oxygens (including phenoxy) is 2. The first-order chi connectivity index (χ1) is 19.5. The molecule has 4 rings (SSSR count). The van der Waals surface area contributed by atoms with Gasteiger partial charge < -0.3 is 14.8 Å². The smallest absolute Gasteiger partial charge is 0.411 e. The maximum atomic E-state index is 12.5. The first kappa shape index (κ1) is 28.0. The molecule has 0 unspecified atom stereocenters. The van der Waals surface area contributed by atoms with Crippen LogP contribution in [0.25, 0.3) is 5.52 Å². The van der Waals surface area contributed by atoms with Gasteiger partial charge in [-0.25, -0.2) is 9.31 Å². The van der Waals surface area contributed by atoms with Crippen LogP contribution >= 0.6 is 0 Å². The van der Waals surface area contributed by atoms with Gasteiger partial charge in [-0.05, 0) is 57.3 Å². The molecule has 2 heterocycles. The van der Waals surface area contributed by atoms with Gasteiger partial charge in [0.25, 0.3) is 0 Å². The zero-order valence-corrected chi connectivity index (χ0v) is 22.8. The van der Waals surface area contributed by atoms with E-state index in [1.807, 2.05) is 99.8 Å². The van der Waals surface area contributed by atoms with Gasteiger partial charge in [-0.15, -0.1) is 0 Å². The third kappa shape index (κ3) is 7.28. The number of benzene rings is 2. The lowest BCUT2D eigenvalue weighted by Crippen LogP contribution is -2.25. The van der Waals surface area contributed by atoms with Gasteiger partial charge in [0.05, 0.1) is 34.8 Å². The number of fused-ring (bicyclic) bond motifs is 1. The fourth-order valence-corrected chi connectivity index (χ4v) is 3.96. The maximum absolute atomic E-state index is 12.5. The molecular weight excluding hydrogens is 504 g/mol. The van der Waals surface area contributed by atoms with Crippen molar-refractivity contribution in [3.8, 4) is 17.6 Å². The summed E-state index contributed by atoms with van der Waals surface area (Å²) in [6.45, 7) is 5.43. The van der Waals surface area contributed by atoms with E-state index in [4.69, 9.17) is 9.47 Å². The van der Waals surface area contributed by atoms with E-state index in [-0.39, 0.29) is 6.61 Å². The summed E-state index contributed by atoms with van der Waals surface area (Å²) in [5, 5.41) is 20.3. The SMILES string of the molecule is C/C=C\C=C/CN(C)CCOC(=O)Nc1cn2ncc(C#N)c(Nc3ccc(Oc4ccccc4)cc3)c2c1C. The van der Waals surface area contributed by atoms with Crippen LogP contribution in [0.4, 0.5) is 21.9 Å². The molecule has 0 aliphatic rings. The lowest BCUT2D eigenvalue weighted by Gasteiger charge is -2.14. The monoisotopic (exact) mass is 536 g/mol. The van der Waals surface area contributed by atoms with Gasteiger partial charge in [-0.2, -0.15) is 10.4 Å². The Balaban J connectivity index is 1.44. The molecule has 9 nitrogen and oxygen atoms in total. The Morgan fingerprint density at radius 3 is 2.60 bits per heavy atom. The normalized spacial score (nSPS) is 11.3. The van der Waals surface area contributed by atoms with Crippen molar-refractivity contribution in [3.63, 3.8) is 0 Å². The molecule has 204 valence electrons. The van der Waals surface area contributed by atoms with Gasteiger partial charge >= 0.3 is 6.09 Å². The number of nitrogens with one attached hydrogen (secondary N) is 2. The van der Waals surface area contributed by atoms with Crippen molar-refractivity contribution in [2.24, 2.45) is 0 Å². The minimum Gasteiger partial charge on any atom is -0.457 e. The Bertz CT molecular complexity index is 1540. The highest BCUT2D eigenvalue weighted by molar-refractivity contribution is 5.92. The third-order valence-electron chi connectivity index (χ3n) is 6.08. The zero-order valence-electron chi connectivity index (χ0n) is 22.8. The molecule has 2 N–H and O–H groups in total. The van der Waals surface area contributed by atoms with Crippen LogP contribution in [0.5, 0.6) is 11.5 Å². The highest BCUT2D eigenvalue weighted by Gasteiger charge is 2.18. The van der Waals surface area contributed by atoms with Crippen molar-refractivity contribution >= 4 is 28.7 Å². The fraction of sp³-hybridized carbons (Fsp3) is 0.194. The second kappa shape index (κ2) is 13.6. The van der Waals surface area contributed by atoms with Crippen molar-refractivity contribution < 1.29 is 14.3 Å². The molecule has 0 spiro atoms. The number of para-hydroxylation sites is 1. The molecule has 0 saturated carbocycles. The van der Waals surface area contributed by atoms with Gasteiger partial charge in [-0.3, -0.25) is 10.2 Å². The van der Waals surface area contributed by atoms with Crippen LogP contribution in [0.2, 0.25) is 0 Å². The number of likely N-dealkylation sites (N-methyl/N-ethyl adjacent to an activating group) is 1. The van der Waals surface area contributed by atoms with Gasteiger partial charge in [0.1, 0.15) is 24.2 Å². The number of carbonyl (C=O) groups excluding carboxylic acids is 1. The summed E-state index contributed by atoms with van der Waals surface area (Å²) in [6.07, 6.45) is 10.6. The highest BCUT2D eigenvalue weighted by Crippen LogP contribution is 2.33. The Hall–Kier alpha value is -5.07. The molecule has 0 atom stereocenters. The third-order valence-corrected chi connectivity index (χ3v) is 6.08. The molecule has 1 amide bonds. The van der Waals surface area contributed by atoms with Gasteiger partial charge in [0.2, 0.25) is 0 Å². The number of allylic oxidation sites excluding steroid dienone is 3. The highest BCUT2D eigenvalue weighted by atomic mass is 16.5. The molecule has 9 heteroatoms. The molecular formula is C31H32N6O3. The number of carbonyl (C=O) groups is 1. The van der Waals surface area contributed by atoms with Crippen LogP contribution in [0.15, 0.2) is 91.3 Å². The molecule has 2 aromatic carbocycles. The minimum atomic E-state index is -0.555. The van der Waals surface area contributed by atoms with E-state index >= 15 is 0 Å². The number of rotatable bonds is 11. The second-order valence-electron chi connectivity index (χ2n) is 9.05. The number of nitriles is 1. The number of aryl methyl sites for hydroxylation is 1. The van der Waals surface area contributed by atoms with Crippen molar-refractivity contribution in [2.45, 2.75) is 13.8 Å². The Labute approximate surface area is 233 Å². The minimum absolute atomic E-state index is 0.250. The van der Waals surface area contributed by atoms with Crippen LogP contribution in [-0.4, -0.2) is 47.4 Å². The fourth-order valence-electron chi connectivity index (χ4n) is 3.96. The summed E-state index contributed by atoms with van der Waals surface area (Å²) in [6, 6.07) is 19.2. The topological polar surface area (TPSA) is 104 Å². The number of amides is 1. The Morgan fingerprint density at radius 1 is 1.12 bits per heavy atom. The van der Waals surface area contributed by atoms with E-state index in [0.29, 0.717) is 34.7 Å². The van der Waals surface area contributed by atoms with Gasteiger partial charge in [0.15, 0.2) is 0 Å². The molecule has 0 aliphatic carbocycles. The molecule has 4 aromatic rings. The standard InChI is InChI=1S/C31H32N6O3/c1-4-5-6-10-17-36(3)18-19-39-31(38)35-28-22-37-30(23(28)2)29(24(20-32)21-33-37)34-25-13-15-27(16-14-25)40-26-11-8-7-9-12-26/h4-16,21-22,34H,17-19H2,1-3H3,(H,35,38)/b5-4-,10-6-.